The number of nitrogens with zero attached hydrogens (tertiary/aromatic N) is 2. The van der Waals surface area contributed by atoms with E-state index in [2.05, 4.69) is 24.1 Å². The van der Waals surface area contributed by atoms with Gasteiger partial charge in [-0.2, -0.15) is 0 Å². The van der Waals surface area contributed by atoms with Gasteiger partial charge in [0.15, 0.2) is 11.5 Å². The van der Waals surface area contributed by atoms with Gasteiger partial charge in [0.1, 0.15) is 10.6 Å². The van der Waals surface area contributed by atoms with Crippen LogP contribution < -0.4 is 14.2 Å². The SMILES string of the molecule is COc1cc2c(cc1OC)C(N(C)CCCOc1ccc(S(=O)(=O)c3c(C(C)C)cn4ccccc34)cc1)CC2. The van der Waals surface area contributed by atoms with Crippen LogP contribution in [0.15, 0.2) is 76.8 Å². The molecule has 0 aliphatic heterocycles. The lowest BCUT2D eigenvalue weighted by molar-refractivity contribution is 0.214. The second kappa shape index (κ2) is 11.6. The predicted molar refractivity (Wildman–Crippen MR) is 157 cm³/mol. The molecule has 8 heteroatoms. The van der Waals surface area contributed by atoms with Crippen molar-refractivity contribution >= 4 is 15.4 Å². The normalized spacial score (nSPS) is 15.1. The van der Waals surface area contributed by atoms with Gasteiger partial charge in [-0.25, -0.2) is 8.42 Å². The van der Waals surface area contributed by atoms with E-state index in [0.717, 1.165) is 42.9 Å². The zero-order valence-electron chi connectivity index (χ0n) is 23.9. The van der Waals surface area contributed by atoms with Gasteiger partial charge in [-0.15, -0.1) is 0 Å². The summed E-state index contributed by atoms with van der Waals surface area (Å²) in [7, 11) is 1.79. The molecule has 2 aromatic heterocycles. The van der Waals surface area contributed by atoms with Crippen molar-refractivity contribution in [2.45, 2.75) is 54.9 Å². The maximum Gasteiger partial charge on any atom is 0.209 e. The van der Waals surface area contributed by atoms with Crippen molar-refractivity contribution in [2.75, 3.05) is 34.4 Å². The minimum atomic E-state index is -3.69. The molecule has 0 bridgehead atoms. The summed E-state index contributed by atoms with van der Waals surface area (Å²) in [6.45, 7) is 5.46. The number of aromatic nitrogens is 1. The minimum absolute atomic E-state index is 0.0768. The summed E-state index contributed by atoms with van der Waals surface area (Å²) in [5.74, 6) is 2.28. The average molecular weight is 563 g/mol. The van der Waals surface area contributed by atoms with E-state index >= 15 is 0 Å². The van der Waals surface area contributed by atoms with Crippen LogP contribution in [-0.4, -0.2) is 52.1 Å². The second-order valence-electron chi connectivity index (χ2n) is 10.7. The first-order chi connectivity index (χ1) is 19.2. The van der Waals surface area contributed by atoms with Gasteiger partial charge in [-0.05, 0) is 97.4 Å². The van der Waals surface area contributed by atoms with Crippen LogP contribution in [0.2, 0.25) is 0 Å². The Morgan fingerprint density at radius 1 is 1.02 bits per heavy atom. The molecule has 0 saturated carbocycles. The summed E-state index contributed by atoms with van der Waals surface area (Å²) in [6, 6.07) is 16.9. The van der Waals surface area contributed by atoms with Crippen molar-refractivity contribution < 1.29 is 22.6 Å². The Hall–Kier alpha value is -3.49. The third-order valence-corrected chi connectivity index (χ3v) is 9.71. The van der Waals surface area contributed by atoms with Crippen molar-refractivity contribution in [2.24, 2.45) is 0 Å². The Morgan fingerprint density at radius 2 is 1.75 bits per heavy atom. The predicted octanol–water partition coefficient (Wildman–Crippen LogP) is 6.30. The van der Waals surface area contributed by atoms with Gasteiger partial charge in [0.2, 0.25) is 9.84 Å². The molecular weight excluding hydrogens is 524 g/mol. The molecule has 0 spiro atoms. The lowest BCUT2D eigenvalue weighted by Gasteiger charge is -2.25. The summed E-state index contributed by atoms with van der Waals surface area (Å²) >= 11 is 0. The van der Waals surface area contributed by atoms with Crippen LogP contribution >= 0.6 is 0 Å². The molecule has 2 aromatic carbocycles. The van der Waals surface area contributed by atoms with E-state index in [1.165, 1.54) is 11.1 Å². The topological polar surface area (TPSA) is 69.5 Å². The fourth-order valence-corrected chi connectivity index (χ4v) is 7.46. The first-order valence-corrected chi connectivity index (χ1v) is 15.3. The summed E-state index contributed by atoms with van der Waals surface area (Å²) < 4.78 is 46.2. The van der Waals surface area contributed by atoms with Gasteiger partial charge >= 0.3 is 0 Å². The maximum absolute atomic E-state index is 13.7. The molecule has 0 fully saturated rings. The van der Waals surface area contributed by atoms with Crippen LogP contribution in [-0.2, 0) is 16.3 Å². The number of sulfone groups is 1. The van der Waals surface area contributed by atoms with Crippen molar-refractivity contribution in [1.82, 2.24) is 9.30 Å². The van der Waals surface area contributed by atoms with E-state index < -0.39 is 9.84 Å². The van der Waals surface area contributed by atoms with Crippen molar-refractivity contribution in [3.05, 3.63) is 83.7 Å². The number of benzene rings is 2. The van der Waals surface area contributed by atoms with E-state index in [-0.39, 0.29) is 10.8 Å². The highest BCUT2D eigenvalue weighted by Crippen LogP contribution is 2.41. The van der Waals surface area contributed by atoms with Crippen molar-refractivity contribution in [3.63, 3.8) is 0 Å². The Bertz CT molecular complexity index is 1590. The van der Waals surface area contributed by atoms with E-state index in [0.29, 0.717) is 28.8 Å². The van der Waals surface area contributed by atoms with Crippen LogP contribution in [0.25, 0.3) is 5.52 Å². The lowest BCUT2D eigenvalue weighted by Crippen LogP contribution is -2.25. The third kappa shape index (κ3) is 5.30. The molecule has 212 valence electrons. The largest absolute Gasteiger partial charge is 0.494 e. The molecule has 0 radical (unpaired) electrons. The number of pyridine rings is 1. The van der Waals surface area contributed by atoms with Crippen LogP contribution in [0.1, 0.15) is 55.3 Å². The highest BCUT2D eigenvalue weighted by atomic mass is 32.2. The summed E-state index contributed by atoms with van der Waals surface area (Å²) in [5, 5.41) is 0. The van der Waals surface area contributed by atoms with E-state index in [1.807, 2.05) is 48.8 Å². The van der Waals surface area contributed by atoms with Gasteiger partial charge < -0.3 is 18.6 Å². The number of rotatable bonds is 11. The molecule has 2 heterocycles. The fourth-order valence-electron chi connectivity index (χ4n) is 5.68. The van der Waals surface area contributed by atoms with Crippen molar-refractivity contribution in [1.29, 1.82) is 0 Å². The Balaban J connectivity index is 1.21. The van der Waals surface area contributed by atoms with E-state index in [4.69, 9.17) is 14.2 Å². The van der Waals surface area contributed by atoms with E-state index in [1.54, 1.807) is 38.5 Å². The molecule has 7 nitrogen and oxygen atoms in total. The zero-order chi connectivity index (χ0) is 28.4. The Kier molecular flexibility index (Phi) is 8.10. The lowest BCUT2D eigenvalue weighted by atomic mass is 10.1. The van der Waals surface area contributed by atoms with Crippen LogP contribution in [0.5, 0.6) is 17.2 Å². The average Bonchev–Trinajstić information content (AvgIpc) is 3.56. The quantitative estimate of drug-likeness (QED) is 0.200. The van der Waals surface area contributed by atoms with Gasteiger partial charge in [0, 0.05) is 25.0 Å². The van der Waals surface area contributed by atoms with Crippen LogP contribution in [0.3, 0.4) is 0 Å². The summed E-state index contributed by atoms with van der Waals surface area (Å²) in [5.41, 5.74) is 4.13. The van der Waals surface area contributed by atoms with Crippen molar-refractivity contribution in [3.8, 4) is 17.2 Å². The molecule has 0 amide bonds. The first-order valence-electron chi connectivity index (χ1n) is 13.8. The zero-order valence-corrected chi connectivity index (χ0v) is 24.7. The molecule has 4 aromatic rings. The van der Waals surface area contributed by atoms with Crippen LogP contribution in [0, 0.1) is 0 Å². The highest BCUT2D eigenvalue weighted by Gasteiger charge is 2.29. The van der Waals surface area contributed by atoms with Gasteiger partial charge in [0.05, 0.1) is 31.2 Å². The summed E-state index contributed by atoms with van der Waals surface area (Å²) in [6.07, 6.45) is 6.74. The molecule has 1 atom stereocenters. The first kappa shape index (κ1) is 28.1. The molecule has 0 N–H and O–H groups in total. The minimum Gasteiger partial charge on any atom is -0.494 e. The van der Waals surface area contributed by atoms with Crippen LogP contribution in [0.4, 0.5) is 0 Å². The standard InChI is InChI=1S/C32H38N2O5S/c1-22(2)27-21-34-17-7-6-9-29(34)32(27)40(35,36)25-13-11-24(12-14-25)39-18-8-16-33(3)28-15-10-23-19-30(37-4)31(38-5)20-26(23)28/h6-7,9,11-14,17,19-22,28H,8,10,15-16,18H2,1-5H3. The van der Waals surface area contributed by atoms with Gasteiger partial charge in [-0.3, -0.25) is 4.90 Å². The molecular formula is C32H38N2O5S. The number of fused-ring (bicyclic) bond motifs is 2. The van der Waals surface area contributed by atoms with Gasteiger partial charge in [0.25, 0.3) is 0 Å². The number of methoxy groups -OCH3 is 2. The smallest absolute Gasteiger partial charge is 0.209 e. The number of ether oxygens (including phenoxy) is 3. The fraction of sp³-hybridized carbons (Fsp3) is 0.375. The van der Waals surface area contributed by atoms with E-state index in [9.17, 15) is 8.42 Å². The molecule has 40 heavy (non-hydrogen) atoms. The molecule has 5 rings (SSSR count). The number of aryl methyl sites for hydroxylation is 1. The Labute approximate surface area is 237 Å². The highest BCUT2D eigenvalue weighted by molar-refractivity contribution is 7.91. The second-order valence-corrected chi connectivity index (χ2v) is 12.6. The monoisotopic (exact) mass is 562 g/mol. The third-order valence-electron chi connectivity index (χ3n) is 7.84. The van der Waals surface area contributed by atoms with Gasteiger partial charge in [-0.1, -0.05) is 19.9 Å². The molecule has 1 aliphatic carbocycles. The maximum atomic E-state index is 13.7. The number of hydrogen-bond donors (Lipinski definition) is 0. The molecule has 1 aliphatic rings. The number of hydrogen-bond acceptors (Lipinski definition) is 6. The Morgan fingerprint density at radius 3 is 2.45 bits per heavy atom. The summed E-state index contributed by atoms with van der Waals surface area (Å²) in [4.78, 5) is 3.01. The molecule has 0 saturated heterocycles. The molecule has 1 unspecified atom stereocenters.